The minimum Gasteiger partial charge on any atom is -0.379 e. The molecule has 112 valence electrons. The summed E-state index contributed by atoms with van der Waals surface area (Å²) in [5.74, 6) is 0. The molecule has 1 spiro atoms. The fourth-order valence-corrected chi connectivity index (χ4v) is 3.71. The van der Waals surface area contributed by atoms with Crippen molar-refractivity contribution in [1.29, 1.82) is 0 Å². The minimum absolute atomic E-state index is 0.00990. The van der Waals surface area contributed by atoms with E-state index in [0.29, 0.717) is 6.61 Å². The maximum absolute atomic E-state index is 12.5. The lowest BCUT2D eigenvalue weighted by molar-refractivity contribution is 0.0197. The van der Waals surface area contributed by atoms with Gasteiger partial charge in [-0.2, -0.15) is 0 Å². The Bertz CT molecular complexity index is 567. The predicted molar refractivity (Wildman–Crippen MR) is 79.4 cm³/mol. The molecule has 0 bridgehead atoms. The number of nitrogens with zero attached hydrogens (tertiary/aromatic N) is 2. The summed E-state index contributed by atoms with van der Waals surface area (Å²) < 4.78 is 5.47. The maximum atomic E-state index is 12.5. The first kappa shape index (κ1) is 13.1. The summed E-state index contributed by atoms with van der Waals surface area (Å²) in [6, 6.07) is 2.08. The van der Waals surface area contributed by atoms with E-state index in [2.05, 4.69) is 16.4 Å². The van der Waals surface area contributed by atoms with E-state index in [0.717, 1.165) is 44.5 Å². The van der Waals surface area contributed by atoms with Gasteiger partial charge in [-0.25, -0.2) is 4.79 Å². The van der Waals surface area contributed by atoms with Gasteiger partial charge in [0.1, 0.15) is 0 Å². The third kappa shape index (κ3) is 2.20. The van der Waals surface area contributed by atoms with E-state index in [1.165, 1.54) is 24.1 Å². The van der Waals surface area contributed by atoms with Crippen molar-refractivity contribution in [2.24, 2.45) is 0 Å². The number of hydrogen-bond acceptors (Lipinski definition) is 3. The van der Waals surface area contributed by atoms with Crippen molar-refractivity contribution in [2.75, 3.05) is 25.1 Å². The van der Waals surface area contributed by atoms with E-state index < -0.39 is 0 Å². The van der Waals surface area contributed by atoms with Gasteiger partial charge in [0.15, 0.2) is 0 Å². The van der Waals surface area contributed by atoms with Crippen LogP contribution in [-0.2, 0) is 17.6 Å². The number of amides is 2. The van der Waals surface area contributed by atoms with E-state index in [1.54, 1.807) is 6.20 Å². The fourth-order valence-electron chi connectivity index (χ4n) is 3.71. The summed E-state index contributed by atoms with van der Waals surface area (Å²) in [6.07, 6.45) is 8.40. The van der Waals surface area contributed by atoms with Crippen molar-refractivity contribution >= 4 is 11.7 Å². The van der Waals surface area contributed by atoms with Gasteiger partial charge in [0, 0.05) is 18.8 Å². The number of carbonyl (C=O) groups excluding carboxylic acids is 1. The molecule has 0 aromatic carbocycles. The van der Waals surface area contributed by atoms with Crippen LogP contribution in [0.4, 0.5) is 10.5 Å². The molecule has 1 aromatic rings. The highest BCUT2D eigenvalue weighted by atomic mass is 16.5. The van der Waals surface area contributed by atoms with Crippen LogP contribution in [-0.4, -0.2) is 41.2 Å². The van der Waals surface area contributed by atoms with Crippen molar-refractivity contribution in [1.82, 2.24) is 9.88 Å². The highest BCUT2D eigenvalue weighted by Crippen LogP contribution is 2.38. The largest absolute Gasteiger partial charge is 0.379 e. The molecule has 1 aromatic heterocycles. The molecule has 4 rings (SSSR count). The third-order valence-corrected chi connectivity index (χ3v) is 5.12. The number of aromatic nitrogens is 1. The van der Waals surface area contributed by atoms with Crippen LogP contribution in [0.15, 0.2) is 12.3 Å². The molecule has 3 heterocycles. The normalized spacial score (nSPS) is 27.3. The van der Waals surface area contributed by atoms with Crippen molar-refractivity contribution in [2.45, 2.75) is 44.1 Å². The number of aryl methyl sites for hydroxylation is 2. The molecular weight excluding hydrogens is 266 g/mol. The molecular formula is C16H21N3O2. The van der Waals surface area contributed by atoms with Crippen LogP contribution >= 0.6 is 0 Å². The summed E-state index contributed by atoms with van der Waals surface area (Å²) in [5.41, 5.74) is 3.28. The number of hydrogen-bond donors (Lipinski definition) is 1. The van der Waals surface area contributed by atoms with Crippen molar-refractivity contribution in [3.8, 4) is 0 Å². The number of nitrogens with one attached hydrogen (secondary N) is 1. The number of pyridine rings is 1. The molecule has 0 radical (unpaired) electrons. The number of anilines is 1. The Morgan fingerprint density at radius 3 is 3.00 bits per heavy atom. The zero-order chi connectivity index (χ0) is 14.3. The van der Waals surface area contributed by atoms with Gasteiger partial charge in [0.2, 0.25) is 0 Å². The summed E-state index contributed by atoms with van der Waals surface area (Å²) in [6.45, 7) is 2.28. The second kappa shape index (κ2) is 4.98. The first-order valence-electron chi connectivity index (χ1n) is 7.91. The Morgan fingerprint density at radius 1 is 1.33 bits per heavy atom. The highest BCUT2D eigenvalue weighted by Gasteiger charge is 2.49. The van der Waals surface area contributed by atoms with Gasteiger partial charge < -0.3 is 15.0 Å². The molecule has 1 unspecified atom stereocenters. The van der Waals surface area contributed by atoms with Gasteiger partial charge in [-0.15, -0.1) is 0 Å². The number of likely N-dealkylation sites (tertiary alicyclic amines) is 1. The van der Waals surface area contributed by atoms with E-state index in [9.17, 15) is 4.79 Å². The number of carbonyl (C=O) groups is 1. The van der Waals surface area contributed by atoms with Gasteiger partial charge in [0.05, 0.1) is 24.0 Å². The van der Waals surface area contributed by atoms with E-state index >= 15 is 0 Å². The molecule has 2 aliphatic heterocycles. The van der Waals surface area contributed by atoms with Crippen molar-refractivity contribution in [3.63, 3.8) is 0 Å². The predicted octanol–water partition coefficient (Wildman–Crippen LogP) is 2.36. The van der Waals surface area contributed by atoms with Gasteiger partial charge in [-0.3, -0.25) is 4.98 Å². The quantitative estimate of drug-likeness (QED) is 0.862. The Labute approximate surface area is 124 Å². The highest BCUT2D eigenvalue weighted by molar-refractivity contribution is 5.90. The minimum atomic E-state index is -0.0360. The number of ether oxygens (including phenoxy) is 1. The monoisotopic (exact) mass is 287 g/mol. The molecule has 2 fully saturated rings. The first-order valence-corrected chi connectivity index (χ1v) is 7.91. The molecule has 2 saturated heterocycles. The Balaban J connectivity index is 1.47. The lowest BCUT2D eigenvalue weighted by Gasteiger charge is -2.49. The molecule has 1 N–H and O–H groups in total. The molecule has 3 aliphatic rings. The van der Waals surface area contributed by atoms with Gasteiger partial charge in [-0.05, 0) is 50.2 Å². The smallest absolute Gasteiger partial charge is 0.322 e. The van der Waals surface area contributed by atoms with Crippen LogP contribution in [0.5, 0.6) is 0 Å². The zero-order valence-corrected chi connectivity index (χ0v) is 12.2. The zero-order valence-electron chi connectivity index (χ0n) is 12.2. The van der Waals surface area contributed by atoms with E-state index in [4.69, 9.17) is 4.74 Å². The maximum Gasteiger partial charge on any atom is 0.322 e. The van der Waals surface area contributed by atoms with Crippen LogP contribution in [0.2, 0.25) is 0 Å². The molecule has 5 heteroatoms. The molecule has 21 heavy (non-hydrogen) atoms. The SMILES string of the molecule is O=C(Nc1cnc2c(c1)CCCC2)N1CCC12CCOC2. The molecule has 1 aliphatic carbocycles. The lowest BCUT2D eigenvalue weighted by atomic mass is 9.84. The Kier molecular flexibility index (Phi) is 3.10. The molecule has 1 atom stereocenters. The summed E-state index contributed by atoms with van der Waals surface area (Å²) >= 11 is 0. The van der Waals surface area contributed by atoms with E-state index in [-0.39, 0.29) is 11.6 Å². The Hall–Kier alpha value is -1.62. The standard InChI is InChI=1S/C16H21N3O2/c20-15(19-7-5-16(19)6-8-21-11-16)18-13-9-12-3-1-2-4-14(12)17-10-13/h9-10H,1-8,11H2,(H,18,20). The molecule has 5 nitrogen and oxygen atoms in total. The van der Waals surface area contributed by atoms with Crippen LogP contribution < -0.4 is 5.32 Å². The topological polar surface area (TPSA) is 54.5 Å². The van der Waals surface area contributed by atoms with Gasteiger partial charge in [-0.1, -0.05) is 0 Å². The summed E-state index contributed by atoms with van der Waals surface area (Å²) in [5, 5.41) is 3.01. The Morgan fingerprint density at radius 2 is 2.24 bits per heavy atom. The summed E-state index contributed by atoms with van der Waals surface area (Å²) in [4.78, 5) is 18.9. The molecule has 0 saturated carbocycles. The summed E-state index contributed by atoms with van der Waals surface area (Å²) in [7, 11) is 0. The van der Waals surface area contributed by atoms with Crippen LogP contribution in [0, 0.1) is 0 Å². The fraction of sp³-hybridized carbons (Fsp3) is 0.625. The second-order valence-corrected chi connectivity index (χ2v) is 6.40. The van der Waals surface area contributed by atoms with Crippen LogP contribution in [0.1, 0.15) is 36.9 Å². The second-order valence-electron chi connectivity index (χ2n) is 6.40. The van der Waals surface area contributed by atoms with Crippen LogP contribution in [0.3, 0.4) is 0 Å². The molecule has 2 amide bonds. The number of fused-ring (bicyclic) bond motifs is 1. The average molecular weight is 287 g/mol. The first-order chi connectivity index (χ1) is 10.3. The average Bonchev–Trinajstić information content (AvgIpc) is 2.98. The number of urea groups is 1. The van der Waals surface area contributed by atoms with E-state index in [1.807, 2.05) is 4.90 Å². The van der Waals surface area contributed by atoms with Gasteiger partial charge in [0.25, 0.3) is 0 Å². The number of rotatable bonds is 1. The van der Waals surface area contributed by atoms with Crippen molar-refractivity contribution in [3.05, 3.63) is 23.5 Å². The lowest BCUT2D eigenvalue weighted by Crippen LogP contribution is -2.63. The third-order valence-electron chi connectivity index (χ3n) is 5.12. The van der Waals surface area contributed by atoms with Crippen LogP contribution in [0.25, 0.3) is 0 Å². The van der Waals surface area contributed by atoms with Gasteiger partial charge >= 0.3 is 6.03 Å². The van der Waals surface area contributed by atoms with Crippen molar-refractivity contribution < 1.29 is 9.53 Å².